The molecule has 0 saturated carbocycles. The number of imidazole rings is 1. The molecule has 0 radical (unpaired) electrons. The van der Waals surface area contributed by atoms with Crippen LogP contribution in [0.4, 0.5) is 0 Å². The van der Waals surface area contributed by atoms with Crippen LogP contribution >= 0.6 is 11.3 Å². The Balaban J connectivity index is 1.73. The summed E-state index contributed by atoms with van der Waals surface area (Å²) in [5.74, 6) is 0.499. The van der Waals surface area contributed by atoms with Gasteiger partial charge in [0.25, 0.3) is 0 Å². The number of thiophene rings is 1. The molecule has 1 aliphatic rings. The number of morpholine rings is 1. The summed E-state index contributed by atoms with van der Waals surface area (Å²) in [6.07, 6.45) is 3.54. The molecule has 1 fully saturated rings. The monoisotopic (exact) mass is 367 g/mol. The number of carbonyl (C=O) groups is 1. The molecule has 0 bridgehead atoms. The summed E-state index contributed by atoms with van der Waals surface area (Å²) in [4.78, 5) is 20.1. The summed E-state index contributed by atoms with van der Waals surface area (Å²) in [5, 5.41) is 3.00. The predicted octanol–water partition coefficient (Wildman–Crippen LogP) is 3.50. The van der Waals surface area contributed by atoms with Gasteiger partial charge in [0.15, 0.2) is 5.82 Å². The number of aryl methyl sites for hydroxylation is 1. The lowest BCUT2D eigenvalue weighted by Gasteiger charge is -2.33. The van der Waals surface area contributed by atoms with Crippen LogP contribution in [-0.4, -0.2) is 46.5 Å². The van der Waals surface area contributed by atoms with Crippen LogP contribution in [0.3, 0.4) is 0 Å². The minimum atomic E-state index is -0.347. The number of benzene rings is 1. The summed E-state index contributed by atoms with van der Waals surface area (Å²) < 4.78 is 7.37. The Labute approximate surface area is 156 Å². The first kappa shape index (κ1) is 17.1. The molecule has 0 N–H and O–H groups in total. The SMILES string of the molecule is Cc1ccc([C@@H](C(=O)c2nccn2-c2cccs2)N2CCOCC2)cc1. The molecule has 1 atom stereocenters. The third-order valence-corrected chi connectivity index (χ3v) is 5.52. The highest BCUT2D eigenvalue weighted by Crippen LogP contribution is 2.27. The van der Waals surface area contributed by atoms with Gasteiger partial charge in [-0.05, 0) is 30.0 Å². The average molecular weight is 367 g/mol. The van der Waals surface area contributed by atoms with Gasteiger partial charge in [-0.3, -0.25) is 14.3 Å². The normalized spacial score (nSPS) is 16.5. The van der Waals surface area contributed by atoms with Crippen LogP contribution < -0.4 is 0 Å². The number of Topliss-reactive ketones (excluding diaryl/α,β-unsaturated/α-hetero) is 1. The first-order chi connectivity index (χ1) is 12.7. The fraction of sp³-hybridized carbons (Fsp3) is 0.300. The fourth-order valence-corrected chi connectivity index (χ4v) is 4.02. The molecule has 0 aliphatic carbocycles. The van der Waals surface area contributed by atoms with Gasteiger partial charge in [-0.15, -0.1) is 11.3 Å². The molecule has 0 spiro atoms. The lowest BCUT2D eigenvalue weighted by Crippen LogP contribution is -2.42. The zero-order chi connectivity index (χ0) is 17.9. The second-order valence-corrected chi connectivity index (χ2v) is 7.32. The number of rotatable bonds is 5. The van der Waals surface area contributed by atoms with Crippen molar-refractivity contribution in [1.29, 1.82) is 0 Å². The summed E-state index contributed by atoms with van der Waals surface area (Å²) >= 11 is 1.59. The smallest absolute Gasteiger partial charge is 0.220 e. The summed E-state index contributed by atoms with van der Waals surface area (Å²) in [5.41, 5.74) is 2.19. The minimum absolute atomic E-state index is 0.0224. The number of nitrogens with zero attached hydrogens (tertiary/aromatic N) is 3. The molecule has 0 amide bonds. The maximum atomic E-state index is 13.5. The van der Waals surface area contributed by atoms with Crippen LogP contribution in [0.25, 0.3) is 5.00 Å². The Morgan fingerprint density at radius 3 is 2.65 bits per heavy atom. The van der Waals surface area contributed by atoms with Crippen LogP contribution in [-0.2, 0) is 4.74 Å². The van der Waals surface area contributed by atoms with E-state index in [1.807, 2.05) is 40.4 Å². The van der Waals surface area contributed by atoms with Crippen LogP contribution in [0.1, 0.15) is 27.8 Å². The van der Waals surface area contributed by atoms with E-state index < -0.39 is 0 Å². The maximum Gasteiger partial charge on any atom is 0.220 e. The Kier molecular flexibility index (Phi) is 4.97. The van der Waals surface area contributed by atoms with Crippen molar-refractivity contribution in [3.63, 3.8) is 0 Å². The van der Waals surface area contributed by atoms with Gasteiger partial charge in [-0.1, -0.05) is 29.8 Å². The molecule has 0 unspecified atom stereocenters. The van der Waals surface area contributed by atoms with Gasteiger partial charge in [0.2, 0.25) is 5.78 Å². The Hall–Kier alpha value is -2.28. The number of hydrogen-bond acceptors (Lipinski definition) is 5. The topological polar surface area (TPSA) is 47.4 Å². The molecular weight excluding hydrogens is 346 g/mol. The number of ketones is 1. The molecule has 1 aromatic carbocycles. The zero-order valence-corrected chi connectivity index (χ0v) is 15.5. The molecule has 5 nitrogen and oxygen atoms in total. The van der Waals surface area contributed by atoms with E-state index in [0.717, 1.165) is 23.7 Å². The first-order valence-electron chi connectivity index (χ1n) is 8.74. The van der Waals surface area contributed by atoms with E-state index in [2.05, 4.69) is 28.9 Å². The van der Waals surface area contributed by atoms with E-state index in [9.17, 15) is 4.79 Å². The van der Waals surface area contributed by atoms with Crippen molar-refractivity contribution in [2.24, 2.45) is 0 Å². The quantitative estimate of drug-likeness (QED) is 0.648. The Morgan fingerprint density at radius 1 is 1.19 bits per heavy atom. The van der Waals surface area contributed by atoms with Crippen molar-refractivity contribution >= 4 is 17.1 Å². The molecule has 3 aromatic rings. The largest absolute Gasteiger partial charge is 0.379 e. The second kappa shape index (κ2) is 7.53. The van der Waals surface area contributed by atoms with E-state index in [1.165, 1.54) is 5.56 Å². The summed E-state index contributed by atoms with van der Waals surface area (Å²) in [7, 11) is 0. The number of hydrogen-bond donors (Lipinski definition) is 0. The number of aromatic nitrogens is 2. The van der Waals surface area contributed by atoms with Gasteiger partial charge in [-0.25, -0.2) is 4.98 Å². The second-order valence-electron chi connectivity index (χ2n) is 6.40. The highest BCUT2D eigenvalue weighted by atomic mass is 32.1. The van der Waals surface area contributed by atoms with Gasteiger partial charge in [0, 0.05) is 25.5 Å². The third kappa shape index (κ3) is 3.35. The summed E-state index contributed by atoms with van der Waals surface area (Å²) in [6.45, 7) is 4.83. The maximum absolute atomic E-state index is 13.5. The van der Waals surface area contributed by atoms with E-state index in [-0.39, 0.29) is 11.8 Å². The van der Waals surface area contributed by atoms with Crippen LogP contribution in [0.5, 0.6) is 0 Å². The van der Waals surface area contributed by atoms with Crippen molar-refractivity contribution in [2.45, 2.75) is 13.0 Å². The van der Waals surface area contributed by atoms with E-state index in [1.54, 1.807) is 17.5 Å². The molecule has 1 saturated heterocycles. The molecule has 6 heteroatoms. The van der Waals surface area contributed by atoms with Gasteiger partial charge < -0.3 is 4.74 Å². The van der Waals surface area contributed by atoms with Gasteiger partial charge in [-0.2, -0.15) is 0 Å². The molecule has 134 valence electrons. The van der Waals surface area contributed by atoms with Crippen LogP contribution in [0.2, 0.25) is 0 Å². The average Bonchev–Trinajstić information content (AvgIpc) is 3.35. The highest BCUT2D eigenvalue weighted by Gasteiger charge is 2.32. The fourth-order valence-electron chi connectivity index (χ4n) is 3.31. The van der Waals surface area contributed by atoms with E-state index in [0.29, 0.717) is 19.0 Å². The lowest BCUT2D eigenvalue weighted by atomic mass is 9.98. The van der Waals surface area contributed by atoms with E-state index in [4.69, 9.17) is 4.74 Å². The van der Waals surface area contributed by atoms with Crippen molar-refractivity contribution in [3.8, 4) is 5.00 Å². The zero-order valence-electron chi connectivity index (χ0n) is 14.7. The number of ether oxygens (including phenoxy) is 1. The number of carbonyl (C=O) groups excluding carboxylic acids is 1. The van der Waals surface area contributed by atoms with Crippen molar-refractivity contribution in [2.75, 3.05) is 26.3 Å². The van der Waals surface area contributed by atoms with E-state index >= 15 is 0 Å². The molecule has 2 aromatic heterocycles. The van der Waals surface area contributed by atoms with Gasteiger partial charge in [0.1, 0.15) is 11.0 Å². The standard InChI is InChI=1S/C20H21N3O2S/c1-15-4-6-16(7-5-15)18(22-10-12-25-13-11-22)19(24)20-21-8-9-23(20)17-3-2-14-26-17/h2-9,14,18H,10-13H2,1H3/t18-/m0/s1. The molecule has 4 rings (SSSR count). The summed E-state index contributed by atoms with van der Waals surface area (Å²) in [6, 6.07) is 11.8. The first-order valence-corrected chi connectivity index (χ1v) is 9.62. The Bertz CT molecular complexity index is 865. The molecule has 1 aliphatic heterocycles. The van der Waals surface area contributed by atoms with Gasteiger partial charge >= 0.3 is 0 Å². The molecule has 26 heavy (non-hydrogen) atoms. The van der Waals surface area contributed by atoms with Crippen LogP contribution in [0.15, 0.2) is 54.2 Å². The minimum Gasteiger partial charge on any atom is -0.379 e. The molecule has 3 heterocycles. The van der Waals surface area contributed by atoms with Crippen molar-refractivity contribution in [1.82, 2.24) is 14.5 Å². The predicted molar refractivity (Wildman–Crippen MR) is 102 cm³/mol. The lowest BCUT2D eigenvalue weighted by molar-refractivity contribution is 0.0168. The molecular formula is C20H21N3O2S. The Morgan fingerprint density at radius 2 is 1.96 bits per heavy atom. The van der Waals surface area contributed by atoms with Crippen LogP contribution in [0, 0.1) is 6.92 Å². The van der Waals surface area contributed by atoms with Gasteiger partial charge in [0.05, 0.1) is 13.2 Å². The third-order valence-electron chi connectivity index (χ3n) is 4.66. The van der Waals surface area contributed by atoms with Crippen molar-refractivity contribution < 1.29 is 9.53 Å². The highest BCUT2D eigenvalue weighted by molar-refractivity contribution is 7.12. The van der Waals surface area contributed by atoms with Crippen molar-refractivity contribution in [3.05, 3.63) is 71.1 Å².